The summed E-state index contributed by atoms with van der Waals surface area (Å²) in [5, 5.41) is 12.4. The van der Waals surface area contributed by atoms with Gasteiger partial charge in [0.15, 0.2) is 0 Å². The van der Waals surface area contributed by atoms with Crippen LogP contribution in [0.1, 0.15) is 18.4 Å². The molecule has 4 nitrogen and oxygen atoms in total. The Morgan fingerprint density at radius 1 is 1.64 bits per heavy atom. The Balaban J connectivity index is 2.14. The molecule has 0 aliphatic heterocycles. The minimum absolute atomic E-state index is 0.116. The van der Waals surface area contributed by atoms with Crippen LogP contribution in [-0.4, -0.2) is 22.2 Å². The van der Waals surface area contributed by atoms with Crippen LogP contribution in [0.3, 0.4) is 0 Å². The third kappa shape index (κ3) is 1.65. The molecule has 0 saturated heterocycles. The molecule has 0 atom stereocenters. The van der Waals surface area contributed by atoms with Gasteiger partial charge in [0.25, 0.3) is 0 Å². The van der Waals surface area contributed by atoms with Gasteiger partial charge in [-0.1, -0.05) is 0 Å². The molecule has 0 bridgehead atoms. The van der Waals surface area contributed by atoms with Crippen molar-refractivity contribution in [1.82, 2.24) is 4.98 Å². The van der Waals surface area contributed by atoms with Crippen LogP contribution in [0.2, 0.25) is 0 Å². The minimum Gasteiger partial charge on any atom is -0.397 e. The summed E-state index contributed by atoms with van der Waals surface area (Å²) in [5.74, 6) is 0.795. The van der Waals surface area contributed by atoms with E-state index < -0.39 is 0 Å². The second-order valence-electron chi connectivity index (χ2n) is 3.99. The quantitative estimate of drug-likeness (QED) is 0.667. The zero-order valence-electron chi connectivity index (χ0n) is 8.25. The Hall–Kier alpha value is -1.29. The number of aromatic nitrogens is 1. The van der Waals surface area contributed by atoms with Gasteiger partial charge >= 0.3 is 0 Å². The topological polar surface area (TPSA) is 71.2 Å². The summed E-state index contributed by atoms with van der Waals surface area (Å²) in [7, 11) is 0. The molecular formula is C10H15N3O. The lowest BCUT2D eigenvalue weighted by Crippen LogP contribution is -2.26. The molecule has 4 heteroatoms. The van der Waals surface area contributed by atoms with Gasteiger partial charge in [-0.05, 0) is 31.4 Å². The largest absolute Gasteiger partial charge is 0.397 e. The average molecular weight is 193 g/mol. The number of aliphatic hydroxyl groups excluding tert-OH is 1. The van der Waals surface area contributed by atoms with E-state index in [9.17, 15) is 0 Å². The predicted octanol–water partition coefficient (Wildman–Crippen LogP) is 0.909. The smallest absolute Gasteiger partial charge is 0.126 e. The van der Waals surface area contributed by atoms with Crippen molar-refractivity contribution < 1.29 is 5.11 Å². The van der Waals surface area contributed by atoms with Crippen molar-refractivity contribution in [2.75, 3.05) is 17.7 Å². The van der Waals surface area contributed by atoms with Crippen molar-refractivity contribution in [2.45, 2.75) is 25.3 Å². The molecule has 4 N–H and O–H groups in total. The Bertz CT molecular complexity index is 347. The fourth-order valence-electron chi connectivity index (χ4n) is 1.38. The van der Waals surface area contributed by atoms with Gasteiger partial charge in [-0.25, -0.2) is 4.98 Å². The van der Waals surface area contributed by atoms with Gasteiger partial charge in [0.1, 0.15) is 5.82 Å². The highest BCUT2D eigenvalue weighted by Gasteiger charge is 2.42. The highest BCUT2D eigenvalue weighted by Crippen LogP contribution is 2.38. The first-order chi connectivity index (χ1) is 6.65. The van der Waals surface area contributed by atoms with Crippen LogP contribution in [0.25, 0.3) is 0 Å². The van der Waals surface area contributed by atoms with Crippen LogP contribution in [0.5, 0.6) is 0 Å². The van der Waals surface area contributed by atoms with E-state index in [1.807, 2.05) is 13.0 Å². The van der Waals surface area contributed by atoms with E-state index in [1.54, 1.807) is 6.20 Å². The molecule has 76 valence electrons. The lowest BCUT2D eigenvalue weighted by Gasteiger charge is -2.15. The van der Waals surface area contributed by atoms with Gasteiger partial charge in [0, 0.05) is 0 Å². The Morgan fingerprint density at radius 2 is 2.36 bits per heavy atom. The van der Waals surface area contributed by atoms with Gasteiger partial charge in [-0.15, -0.1) is 0 Å². The SMILES string of the molecule is Cc1cc(NC2(CO)CC2)ncc1N. The van der Waals surface area contributed by atoms with Crippen molar-refractivity contribution in [1.29, 1.82) is 0 Å². The van der Waals surface area contributed by atoms with Crippen LogP contribution < -0.4 is 11.1 Å². The molecule has 1 aliphatic carbocycles. The minimum atomic E-state index is -0.116. The van der Waals surface area contributed by atoms with E-state index >= 15 is 0 Å². The molecule has 2 rings (SSSR count). The van der Waals surface area contributed by atoms with Crippen molar-refractivity contribution >= 4 is 11.5 Å². The highest BCUT2D eigenvalue weighted by molar-refractivity contribution is 5.52. The van der Waals surface area contributed by atoms with E-state index in [0.29, 0.717) is 5.69 Å². The number of pyridine rings is 1. The first-order valence-corrected chi connectivity index (χ1v) is 4.76. The lowest BCUT2D eigenvalue weighted by atomic mass is 10.2. The van der Waals surface area contributed by atoms with Gasteiger partial charge < -0.3 is 16.2 Å². The normalized spacial score (nSPS) is 17.9. The maximum atomic E-state index is 9.13. The molecule has 14 heavy (non-hydrogen) atoms. The number of nitrogens with one attached hydrogen (secondary N) is 1. The number of anilines is 2. The Morgan fingerprint density at radius 3 is 2.86 bits per heavy atom. The third-order valence-electron chi connectivity index (χ3n) is 2.70. The summed E-state index contributed by atoms with van der Waals surface area (Å²) in [6.07, 6.45) is 3.66. The van der Waals surface area contributed by atoms with Gasteiger partial charge in [0.2, 0.25) is 0 Å². The van der Waals surface area contributed by atoms with Crippen molar-refractivity contribution in [3.8, 4) is 0 Å². The van der Waals surface area contributed by atoms with E-state index in [2.05, 4.69) is 10.3 Å². The fraction of sp³-hybridized carbons (Fsp3) is 0.500. The summed E-state index contributed by atoms with van der Waals surface area (Å²) < 4.78 is 0. The maximum absolute atomic E-state index is 9.13. The van der Waals surface area contributed by atoms with Crippen molar-refractivity contribution in [2.24, 2.45) is 0 Å². The fourth-order valence-corrected chi connectivity index (χ4v) is 1.38. The van der Waals surface area contributed by atoms with E-state index in [4.69, 9.17) is 10.8 Å². The summed E-state index contributed by atoms with van der Waals surface area (Å²) in [5.41, 5.74) is 7.25. The standard InChI is InChI=1S/C10H15N3O/c1-7-4-9(12-5-8(7)11)13-10(6-14)2-3-10/h4-5,14H,2-3,6,11H2,1H3,(H,12,13). The second-order valence-corrected chi connectivity index (χ2v) is 3.99. The van der Waals surface area contributed by atoms with Gasteiger partial charge in [-0.3, -0.25) is 0 Å². The summed E-state index contributed by atoms with van der Waals surface area (Å²) in [6.45, 7) is 2.11. The second kappa shape index (κ2) is 3.13. The maximum Gasteiger partial charge on any atom is 0.126 e. The molecule has 0 aromatic carbocycles. The molecule has 1 aliphatic rings. The van der Waals surface area contributed by atoms with Crippen molar-refractivity contribution in [3.63, 3.8) is 0 Å². The van der Waals surface area contributed by atoms with Crippen molar-refractivity contribution in [3.05, 3.63) is 17.8 Å². The summed E-state index contributed by atoms with van der Waals surface area (Å²) in [6, 6.07) is 1.91. The predicted molar refractivity (Wildman–Crippen MR) is 56.1 cm³/mol. The highest BCUT2D eigenvalue weighted by atomic mass is 16.3. The molecule has 1 aromatic heterocycles. The third-order valence-corrected chi connectivity index (χ3v) is 2.70. The molecule has 1 saturated carbocycles. The Kier molecular flexibility index (Phi) is 2.07. The number of rotatable bonds is 3. The average Bonchev–Trinajstić information content (AvgIpc) is 2.93. The molecule has 0 amide bonds. The number of nitrogens with zero attached hydrogens (tertiary/aromatic N) is 1. The van der Waals surface area contributed by atoms with E-state index in [0.717, 1.165) is 24.2 Å². The van der Waals surface area contributed by atoms with Gasteiger partial charge in [-0.2, -0.15) is 0 Å². The van der Waals surface area contributed by atoms with Crippen LogP contribution in [0.15, 0.2) is 12.3 Å². The zero-order chi connectivity index (χ0) is 10.2. The van der Waals surface area contributed by atoms with Crippen LogP contribution >= 0.6 is 0 Å². The molecule has 1 fully saturated rings. The van der Waals surface area contributed by atoms with Crippen LogP contribution in [0.4, 0.5) is 11.5 Å². The lowest BCUT2D eigenvalue weighted by molar-refractivity contribution is 0.266. The number of hydrogen-bond donors (Lipinski definition) is 3. The number of aryl methyl sites for hydroxylation is 1. The molecule has 0 unspecified atom stereocenters. The molecule has 1 heterocycles. The number of nitrogen functional groups attached to an aromatic ring is 1. The zero-order valence-corrected chi connectivity index (χ0v) is 8.25. The number of nitrogens with two attached hydrogens (primary N) is 1. The van der Waals surface area contributed by atoms with Gasteiger partial charge in [0.05, 0.1) is 24.0 Å². The van der Waals surface area contributed by atoms with E-state index in [1.165, 1.54) is 0 Å². The van der Waals surface area contributed by atoms with E-state index in [-0.39, 0.29) is 12.1 Å². The molecular weight excluding hydrogens is 178 g/mol. The molecule has 0 spiro atoms. The molecule has 0 radical (unpaired) electrons. The first-order valence-electron chi connectivity index (χ1n) is 4.76. The molecule has 1 aromatic rings. The van der Waals surface area contributed by atoms with Crippen LogP contribution in [-0.2, 0) is 0 Å². The summed E-state index contributed by atoms with van der Waals surface area (Å²) in [4.78, 5) is 4.17. The van der Waals surface area contributed by atoms with Crippen LogP contribution in [0, 0.1) is 6.92 Å². The first kappa shape index (κ1) is 9.27. The summed E-state index contributed by atoms with van der Waals surface area (Å²) >= 11 is 0. The number of hydrogen-bond acceptors (Lipinski definition) is 4. The number of aliphatic hydroxyl groups is 1. The monoisotopic (exact) mass is 193 g/mol. The Labute approximate surface area is 83.2 Å².